The molecule has 7 heteroatoms. The van der Waals surface area contributed by atoms with Crippen LogP contribution in [0, 0.1) is 5.82 Å². The highest BCUT2D eigenvalue weighted by Gasteiger charge is 2.33. The molecule has 142 valence electrons. The maximum Gasteiger partial charge on any atom is 0.232 e. The van der Waals surface area contributed by atoms with Gasteiger partial charge in [-0.1, -0.05) is 12.1 Å². The van der Waals surface area contributed by atoms with Crippen molar-refractivity contribution in [1.82, 2.24) is 14.4 Å². The van der Waals surface area contributed by atoms with Crippen LogP contribution in [0.5, 0.6) is 0 Å². The molecule has 1 saturated heterocycles. The number of benzene rings is 1. The van der Waals surface area contributed by atoms with Crippen LogP contribution in [0.3, 0.4) is 0 Å². The van der Waals surface area contributed by atoms with Crippen LogP contribution in [0.4, 0.5) is 4.39 Å². The number of amides is 2. The highest BCUT2D eigenvalue weighted by molar-refractivity contribution is 5.97. The molecule has 2 aromatic rings. The maximum atomic E-state index is 13.4. The Morgan fingerprint density at radius 3 is 2.48 bits per heavy atom. The van der Waals surface area contributed by atoms with Gasteiger partial charge in [0.05, 0.1) is 19.3 Å². The number of fused-ring (bicyclic) bond motifs is 1. The number of hydrogen-bond donors (Lipinski definition) is 0. The highest BCUT2D eigenvalue weighted by atomic mass is 19.1. The van der Waals surface area contributed by atoms with E-state index in [2.05, 4.69) is 4.57 Å². The minimum Gasteiger partial charge on any atom is -0.378 e. The monoisotopic (exact) mass is 371 g/mol. The van der Waals surface area contributed by atoms with Gasteiger partial charge >= 0.3 is 0 Å². The highest BCUT2D eigenvalue weighted by Crippen LogP contribution is 2.33. The molecular weight excluding hydrogens is 349 g/mol. The van der Waals surface area contributed by atoms with Crippen molar-refractivity contribution in [2.75, 3.05) is 32.8 Å². The lowest BCUT2D eigenvalue weighted by atomic mass is 9.99. The summed E-state index contributed by atoms with van der Waals surface area (Å²) < 4.78 is 20.7. The lowest BCUT2D eigenvalue weighted by molar-refractivity contribution is -0.144. The predicted molar refractivity (Wildman–Crippen MR) is 96.4 cm³/mol. The maximum absolute atomic E-state index is 13.4. The van der Waals surface area contributed by atoms with Crippen LogP contribution in [0.15, 0.2) is 42.6 Å². The van der Waals surface area contributed by atoms with Crippen molar-refractivity contribution >= 4 is 11.8 Å². The smallest absolute Gasteiger partial charge is 0.232 e. The van der Waals surface area contributed by atoms with Crippen molar-refractivity contribution in [3.8, 4) is 0 Å². The molecule has 0 spiro atoms. The number of hydrogen-bond acceptors (Lipinski definition) is 3. The summed E-state index contributed by atoms with van der Waals surface area (Å²) >= 11 is 0. The molecule has 1 aromatic heterocycles. The molecule has 6 nitrogen and oxygen atoms in total. The van der Waals surface area contributed by atoms with Crippen molar-refractivity contribution < 1.29 is 18.7 Å². The van der Waals surface area contributed by atoms with Crippen molar-refractivity contribution in [1.29, 1.82) is 0 Å². The second kappa shape index (κ2) is 7.52. The Kier molecular flexibility index (Phi) is 4.94. The first-order valence-electron chi connectivity index (χ1n) is 9.19. The molecule has 0 N–H and O–H groups in total. The Hall–Kier alpha value is -2.67. The number of ether oxygens (including phenoxy) is 1. The number of halogens is 1. The first-order chi connectivity index (χ1) is 13.1. The quantitative estimate of drug-likeness (QED) is 0.774. The number of carbonyl (C=O) groups excluding carboxylic acids is 2. The number of rotatable bonds is 3. The third-order valence-corrected chi connectivity index (χ3v) is 5.21. The van der Waals surface area contributed by atoms with Crippen LogP contribution < -0.4 is 0 Å². The van der Waals surface area contributed by atoms with Gasteiger partial charge in [0.25, 0.3) is 0 Å². The van der Waals surface area contributed by atoms with Gasteiger partial charge in [-0.2, -0.15) is 0 Å². The summed E-state index contributed by atoms with van der Waals surface area (Å²) in [7, 11) is 0. The summed E-state index contributed by atoms with van der Waals surface area (Å²) in [5.41, 5.74) is 1.81. The van der Waals surface area contributed by atoms with Crippen LogP contribution >= 0.6 is 0 Å². The molecule has 1 aromatic carbocycles. The van der Waals surface area contributed by atoms with Gasteiger partial charge in [0.15, 0.2) is 0 Å². The average molecular weight is 371 g/mol. The van der Waals surface area contributed by atoms with Gasteiger partial charge < -0.3 is 19.1 Å². The standard InChI is InChI=1S/C20H22FN3O3/c21-16-5-3-15(4-6-16)20-17-2-1-7-22(17)8-9-24(20)19(26)14-18(25)23-10-12-27-13-11-23/h1-7,20H,8-14H2. The molecule has 2 aliphatic heterocycles. The lowest BCUT2D eigenvalue weighted by Crippen LogP contribution is -2.46. The summed E-state index contributed by atoms with van der Waals surface area (Å²) in [5, 5.41) is 0. The summed E-state index contributed by atoms with van der Waals surface area (Å²) in [5.74, 6) is -0.680. The van der Waals surface area contributed by atoms with Gasteiger partial charge in [-0.15, -0.1) is 0 Å². The molecule has 1 unspecified atom stereocenters. The van der Waals surface area contributed by atoms with Crippen molar-refractivity contribution in [3.05, 3.63) is 59.7 Å². The number of morpholine rings is 1. The zero-order valence-electron chi connectivity index (χ0n) is 15.0. The molecule has 1 fully saturated rings. The normalized spacial score (nSPS) is 19.7. The first-order valence-corrected chi connectivity index (χ1v) is 9.19. The van der Waals surface area contributed by atoms with E-state index in [1.54, 1.807) is 21.9 Å². The lowest BCUT2D eigenvalue weighted by Gasteiger charge is -2.38. The van der Waals surface area contributed by atoms with Gasteiger partial charge in [0.1, 0.15) is 12.2 Å². The first kappa shape index (κ1) is 17.7. The van der Waals surface area contributed by atoms with Crippen molar-refractivity contribution in [2.45, 2.75) is 19.0 Å². The zero-order valence-corrected chi connectivity index (χ0v) is 15.0. The molecule has 0 bridgehead atoms. The average Bonchev–Trinajstić information content (AvgIpc) is 3.17. The van der Waals surface area contributed by atoms with E-state index in [1.165, 1.54) is 12.1 Å². The van der Waals surface area contributed by atoms with Crippen LogP contribution in [-0.4, -0.2) is 59.0 Å². The minimum absolute atomic E-state index is 0.154. The molecule has 1 atom stereocenters. The van der Waals surface area contributed by atoms with E-state index in [0.717, 1.165) is 11.3 Å². The summed E-state index contributed by atoms with van der Waals surface area (Å²) in [6, 6.07) is 9.80. The molecule has 2 amide bonds. The molecule has 0 saturated carbocycles. The van der Waals surface area contributed by atoms with Crippen LogP contribution in [0.1, 0.15) is 23.7 Å². The summed E-state index contributed by atoms with van der Waals surface area (Å²) in [6.07, 6.45) is 1.82. The molecule has 3 heterocycles. The summed E-state index contributed by atoms with van der Waals surface area (Å²) in [6.45, 7) is 3.26. The number of nitrogens with zero attached hydrogens (tertiary/aromatic N) is 3. The van der Waals surface area contributed by atoms with Gasteiger partial charge in [-0.3, -0.25) is 9.59 Å². The fourth-order valence-corrected chi connectivity index (χ4v) is 3.80. The fraction of sp³-hybridized carbons (Fsp3) is 0.400. The molecule has 27 heavy (non-hydrogen) atoms. The van der Waals surface area contributed by atoms with Crippen LogP contribution in [-0.2, 0) is 20.9 Å². The Morgan fingerprint density at radius 1 is 1.00 bits per heavy atom. The fourth-order valence-electron chi connectivity index (χ4n) is 3.80. The van der Waals surface area contributed by atoms with Crippen molar-refractivity contribution in [3.63, 3.8) is 0 Å². The third kappa shape index (κ3) is 3.60. The number of carbonyl (C=O) groups is 2. The molecule has 2 aliphatic rings. The van der Waals surface area contributed by atoms with E-state index in [0.29, 0.717) is 39.4 Å². The van der Waals surface area contributed by atoms with E-state index in [1.807, 2.05) is 18.3 Å². The largest absolute Gasteiger partial charge is 0.378 e. The van der Waals surface area contributed by atoms with E-state index in [4.69, 9.17) is 4.74 Å². The molecule has 0 radical (unpaired) electrons. The van der Waals surface area contributed by atoms with E-state index in [9.17, 15) is 14.0 Å². The second-order valence-corrected chi connectivity index (χ2v) is 6.84. The Balaban J connectivity index is 1.57. The van der Waals surface area contributed by atoms with Crippen molar-refractivity contribution in [2.24, 2.45) is 0 Å². The Morgan fingerprint density at radius 2 is 1.74 bits per heavy atom. The molecular formula is C20H22FN3O3. The van der Waals surface area contributed by atoms with E-state index < -0.39 is 0 Å². The Bertz CT molecular complexity index is 827. The van der Waals surface area contributed by atoms with Gasteiger partial charge in [0, 0.05) is 38.1 Å². The second-order valence-electron chi connectivity index (χ2n) is 6.84. The number of aromatic nitrogens is 1. The van der Waals surface area contributed by atoms with Crippen LogP contribution in [0.2, 0.25) is 0 Å². The van der Waals surface area contributed by atoms with Gasteiger partial charge in [0.2, 0.25) is 11.8 Å². The van der Waals surface area contributed by atoms with Gasteiger partial charge in [-0.05, 0) is 29.8 Å². The minimum atomic E-state index is -0.320. The molecule has 4 rings (SSSR count). The Labute approximate surface area is 157 Å². The summed E-state index contributed by atoms with van der Waals surface area (Å²) in [4.78, 5) is 28.9. The zero-order chi connectivity index (χ0) is 18.8. The van der Waals surface area contributed by atoms with E-state index >= 15 is 0 Å². The third-order valence-electron chi connectivity index (χ3n) is 5.21. The van der Waals surface area contributed by atoms with E-state index in [-0.39, 0.29) is 30.1 Å². The SMILES string of the molecule is O=C(CC(=O)N1CCn2cccc2C1c1ccc(F)cc1)N1CCOCC1. The van der Waals surface area contributed by atoms with Crippen LogP contribution in [0.25, 0.3) is 0 Å². The molecule has 0 aliphatic carbocycles. The van der Waals surface area contributed by atoms with Gasteiger partial charge in [-0.25, -0.2) is 4.39 Å². The predicted octanol–water partition coefficient (Wildman–Crippen LogP) is 1.81. The topological polar surface area (TPSA) is 54.8 Å².